The Hall–Kier alpha value is -3.37. The zero-order chi connectivity index (χ0) is 23.1. The van der Waals surface area contributed by atoms with E-state index >= 15 is 0 Å². The van der Waals surface area contributed by atoms with Gasteiger partial charge in [0, 0.05) is 28.8 Å². The third-order valence-corrected chi connectivity index (χ3v) is 6.84. The van der Waals surface area contributed by atoms with E-state index in [1.807, 2.05) is 30.3 Å². The Morgan fingerprint density at radius 3 is 2.31 bits per heavy atom. The molecule has 166 valence electrons. The molecule has 2 N–H and O–H groups in total. The first-order valence-electron chi connectivity index (χ1n) is 9.54. The smallest absolute Gasteiger partial charge is 0.273 e. The van der Waals surface area contributed by atoms with Gasteiger partial charge in [0.15, 0.2) is 0 Å². The van der Waals surface area contributed by atoms with Gasteiger partial charge >= 0.3 is 0 Å². The molecule has 10 heteroatoms. The number of carbonyl (C=O) groups excluding carboxylic acids is 1. The van der Waals surface area contributed by atoms with Crippen molar-refractivity contribution in [2.75, 3.05) is 15.8 Å². The summed E-state index contributed by atoms with van der Waals surface area (Å²) in [6.07, 6.45) is 0. The van der Waals surface area contributed by atoms with Crippen molar-refractivity contribution >= 4 is 44.8 Å². The highest BCUT2D eigenvalue weighted by Crippen LogP contribution is 2.24. The molecule has 0 atom stereocenters. The van der Waals surface area contributed by atoms with E-state index in [-0.39, 0.29) is 27.9 Å². The molecule has 3 aromatic rings. The molecule has 0 bridgehead atoms. The highest BCUT2D eigenvalue weighted by Gasteiger charge is 2.20. The lowest BCUT2D eigenvalue weighted by Gasteiger charge is -2.10. The zero-order valence-electron chi connectivity index (χ0n) is 17.1. The molecule has 0 aliphatic carbocycles. The van der Waals surface area contributed by atoms with Crippen molar-refractivity contribution in [3.8, 4) is 0 Å². The Balaban J connectivity index is 1.57. The van der Waals surface area contributed by atoms with Crippen LogP contribution in [-0.4, -0.2) is 25.0 Å². The Morgan fingerprint density at radius 1 is 1.00 bits per heavy atom. The lowest BCUT2D eigenvalue weighted by molar-refractivity contribution is -0.385. The molecule has 3 aromatic carbocycles. The van der Waals surface area contributed by atoms with Crippen LogP contribution in [-0.2, 0) is 20.6 Å². The van der Waals surface area contributed by atoms with E-state index in [4.69, 9.17) is 0 Å². The molecule has 0 heterocycles. The van der Waals surface area contributed by atoms with E-state index in [0.717, 1.165) is 17.4 Å². The van der Waals surface area contributed by atoms with Crippen LogP contribution in [0.2, 0.25) is 0 Å². The summed E-state index contributed by atoms with van der Waals surface area (Å²) >= 11 is 1.49. The second-order valence-electron chi connectivity index (χ2n) is 6.91. The van der Waals surface area contributed by atoms with Gasteiger partial charge in [0.2, 0.25) is 5.91 Å². The topological polar surface area (TPSA) is 118 Å². The normalized spacial score (nSPS) is 11.0. The third kappa shape index (κ3) is 6.32. The lowest BCUT2D eigenvalue weighted by Crippen LogP contribution is -2.15. The van der Waals surface area contributed by atoms with Gasteiger partial charge < -0.3 is 5.32 Å². The standard InChI is InChI=1S/C22H21N3O5S2/c1-16-7-12-20(13-21(16)25(27)28)32(29,30)24-19-10-8-18(9-11-19)23-22(26)15-31-14-17-5-3-2-4-6-17/h2-13,24H,14-15H2,1H3,(H,23,26). The maximum atomic E-state index is 12.6. The van der Waals surface area contributed by atoms with Crippen LogP contribution in [0.25, 0.3) is 0 Å². The summed E-state index contributed by atoms with van der Waals surface area (Å²) in [6.45, 7) is 1.54. The highest BCUT2D eigenvalue weighted by molar-refractivity contribution is 7.99. The van der Waals surface area contributed by atoms with Gasteiger partial charge in [0.25, 0.3) is 15.7 Å². The Bertz CT molecular complexity index is 1210. The van der Waals surface area contributed by atoms with E-state index in [9.17, 15) is 23.3 Å². The first kappa shape index (κ1) is 23.3. The van der Waals surface area contributed by atoms with Gasteiger partial charge in [0.1, 0.15) is 0 Å². The number of benzene rings is 3. The van der Waals surface area contributed by atoms with Crippen molar-refractivity contribution in [3.05, 3.63) is 94.0 Å². The summed E-state index contributed by atoms with van der Waals surface area (Å²) in [7, 11) is -4.01. The molecule has 0 aliphatic heterocycles. The molecular weight excluding hydrogens is 450 g/mol. The number of rotatable bonds is 9. The molecule has 1 amide bonds. The highest BCUT2D eigenvalue weighted by atomic mass is 32.2. The van der Waals surface area contributed by atoms with Crippen LogP contribution in [0.4, 0.5) is 17.1 Å². The van der Waals surface area contributed by atoms with Crippen LogP contribution in [0.5, 0.6) is 0 Å². The number of nitrogens with one attached hydrogen (secondary N) is 2. The van der Waals surface area contributed by atoms with E-state index in [1.54, 1.807) is 12.1 Å². The Kier molecular flexibility index (Phi) is 7.49. The average Bonchev–Trinajstić information content (AvgIpc) is 2.75. The number of hydrogen-bond donors (Lipinski definition) is 2. The zero-order valence-corrected chi connectivity index (χ0v) is 18.8. The number of nitro benzene ring substituents is 1. The second kappa shape index (κ2) is 10.3. The predicted molar refractivity (Wildman–Crippen MR) is 126 cm³/mol. The molecule has 0 unspecified atom stereocenters. The first-order chi connectivity index (χ1) is 15.2. The summed E-state index contributed by atoms with van der Waals surface area (Å²) in [5.41, 5.74) is 2.04. The number of sulfonamides is 1. The fraction of sp³-hybridized carbons (Fsp3) is 0.136. The maximum Gasteiger partial charge on any atom is 0.273 e. The van der Waals surface area contributed by atoms with Crippen molar-refractivity contribution in [2.45, 2.75) is 17.6 Å². The minimum absolute atomic E-state index is 0.161. The van der Waals surface area contributed by atoms with Crippen LogP contribution < -0.4 is 10.0 Å². The van der Waals surface area contributed by atoms with Crippen LogP contribution in [0.3, 0.4) is 0 Å². The Labute approximate surface area is 190 Å². The molecular formula is C22H21N3O5S2. The third-order valence-electron chi connectivity index (χ3n) is 4.45. The number of aryl methyl sites for hydroxylation is 1. The van der Waals surface area contributed by atoms with Crippen molar-refractivity contribution in [1.82, 2.24) is 0 Å². The van der Waals surface area contributed by atoms with Crippen LogP contribution in [0.1, 0.15) is 11.1 Å². The van der Waals surface area contributed by atoms with Gasteiger partial charge in [-0.1, -0.05) is 36.4 Å². The molecule has 0 aromatic heterocycles. The van der Waals surface area contributed by atoms with Gasteiger partial charge in [-0.05, 0) is 42.8 Å². The van der Waals surface area contributed by atoms with Crippen LogP contribution >= 0.6 is 11.8 Å². The molecule has 8 nitrogen and oxygen atoms in total. The number of amides is 1. The molecule has 0 spiro atoms. The fourth-order valence-corrected chi connectivity index (χ4v) is 4.69. The molecule has 3 rings (SSSR count). The minimum Gasteiger partial charge on any atom is -0.325 e. The molecule has 0 radical (unpaired) electrons. The number of hydrogen-bond acceptors (Lipinski definition) is 6. The summed E-state index contributed by atoms with van der Waals surface area (Å²) in [5, 5.41) is 13.8. The minimum atomic E-state index is -4.01. The van der Waals surface area contributed by atoms with Gasteiger partial charge in [-0.3, -0.25) is 19.6 Å². The Morgan fingerprint density at radius 2 is 1.66 bits per heavy atom. The summed E-state index contributed by atoms with van der Waals surface area (Å²) < 4.78 is 27.5. The number of nitro groups is 1. The van der Waals surface area contributed by atoms with Crippen molar-refractivity contribution in [1.29, 1.82) is 0 Å². The first-order valence-corrected chi connectivity index (χ1v) is 12.2. The van der Waals surface area contributed by atoms with Crippen molar-refractivity contribution < 1.29 is 18.1 Å². The SMILES string of the molecule is Cc1ccc(S(=O)(=O)Nc2ccc(NC(=O)CSCc3ccccc3)cc2)cc1[N+](=O)[O-]. The molecule has 0 saturated heterocycles. The number of carbonyl (C=O) groups is 1. The van der Waals surface area contributed by atoms with E-state index < -0.39 is 14.9 Å². The van der Waals surface area contributed by atoms with E-state index in [0.29, 0.717) is 11.3 Å². The predicted octanol–water partition coefficient (Wildman–Crippen LogP) is 4.58. The van der Waals surface area contributed by atoms with Gasteiger partial charge in [-0.2, -0.15) is 0 Å². The molecule has 0 fully saturated rings. The fourth-order valence-electron chi connectivity index (χ4n) is 2.82. The average molecular weight is 472 g/mol. The van der Waals surface area contributed by atoms with Crippen LogP contribution in [0.15, 0.2) is 77.7 Å². The maximum absolute atomic E-state index is 12.6. The largest absolute Gasteiger partial charge is 0.325 e. The van der Waals surface area contributed by atoms with Crippen molar-refractivity contribution in [2.24, 2.45) is 0 Å². The number of thioether (sulfide) groups is 1. The second-order valence-corrected chi connectivity index (χ2v) is 9.58. The monoisotopic (exact) mass is 471 g/mol. The summed E-state index contributed by atoms with van der Waals surface area (Å²) in [5.74, 6) is 0.855. The van der Waals surface area contributed by atoms with Gasteiger partial charge in [0.05, 0.1) is 15.6 Å². The lowest BCUT2D eigenvalue weighted by atomic mass is 10.2. The van der Waals surface area contributed by atoms with Crippen LogP contribution in [0, 0.1) is 17.0 Å². The quantitative estimate of drug-likeness (QED) is 0.348. The van der Waals surface area contributed by atoms with Gasteiger partial charge in [-0.15, -0.1) is 11.8 Å². The molecule has 0 aliphatic rings. The number of nitrogens with zero attached hydrogens (tertiary/aromatic N) is 1. The molecule has 0 saturated carbocycles. The van der Waals surface area contributed by atoms with E-state index in [2.05, 4.69) is 10.0 Å². The summed E-state index contributed by atoms with van der Waals surface area (Å²) in [6, 6.07) is 19.7. The molecule has 32 heavy (non-hydrogen) atoms. The van der Waals surface area contributed by atoms with E-state index in [1.165, 1.54) is 43.0 Å². The van der Waals surface area contributed by atoms with Gasteiger partial charge in [-0.25, -0.2) is 8.42 Å². The summed E-state index contributed by atoms with van der Waals surface area (Å²) in [4.78, 5) is 22.4. The van der Waals surface area contributed by atoms with Crippen molar-refractivity contribution in [3.63, 3.8) is 0 Å². The number of anilines is 2.